The van der Waals surface area contributed by atoms with Crippen LogP contribution >= 0.6 is 46.4 Å². The lowest BCUT2D eigenvalue weighted by Gasteiger charge is -2.36. The monoisotopic (exact) mass is 1140 g/mol. The summed E-state index contributed by atoms with van der Waals surface area (Å²) in [6.07, 6.45) is 12.8. The topological polar surface area (TPSA) is 126 Å². The number of benzene rings is 6. The van der Waals surface area contributed by atoms with Crippen LogP contribution in [0.1, 0.15) is 90.0 Å². The zero-order chi connectivity index (χ0) is 55.3. The highest BCUT2D eigenvalue weighted by atomic mass is 35.5. The molecule has 0 bridgehead atoms. The van der Waals surface area contributed by atoms with Gasteiger partial charge in [-0.05, 0) is 138 Å². The molecule has 3 aliphatic heterocycles. The number of hydrogen-bond acceptors (Lipinski definition) is 12. The van der Waals surface area contributed by atoms with Crippen LogP contribution in [0.2, 0.25) is 20.1 Å². The highest BCUT2D eigenvalue weighted by molar-refractivity contribution is 6.31. The van der Waals surface area contributed by atoms with Gasteiger partial charge in [0.1, 0.15) is 0 Å². The molecule has 408 valence electrons. The van der Waals surface area contributed by atoms with Gasteiger partial charge in [0.05, 0.1) is 58.5 Å². The molecule has 0 saturated heterocycles. The molecule has 6 aromatic carbocycles. The van der Waals surface area contributed by atoms with Crippen LogP contribution in [0.4, 0.5) is 0 Å². The molecular formula is C63H62Cl4N6O6. The average Bonchev–Trinajstić information content (AvgIpc) is 4.62. The molecule has 0 spiro atoms. The lowest BCUT2D eigenvalue weighted by atomic mass is 9.79. The molecule has 6 atom stereocenters. The molecule has 2 unspecified atom stereocenters. The van der Waals surface area contributed by atoms with Gasteiger partial charge in [-0.1, -0.05) is 156 Å². The Hall–Kier alpha value is -6.70. The Balaban J connectivity index is 0.000000134. The number of methoxy groups -OCH3 is 3. The molecule has 3 heterocycles. The van der Waals surface area contributed by atoms with Gasteiger partial charge >= 0.3 is 17.9 Å². The fourth-order valence-electron chi connectivity index (χ4n) is 11.2. The van der Waals surface area contributed by atoms with Gasteiger partial charge in [-0.25, -0.2) is 29.4 Å². The molecule has 0 radical (unpaired) electrons. The van der Waals surface area contributed by atoms with Crippen LogP contribution in [0, 0.1) is 17.8 Å². The standard InChI is InChI=1S/C21H20Cl2N2O2.2C21H21ClN2O2/c1-27-20(26)21(16-6-10-18(23)11-7-16)19(15-4-8-17(22)9-5-15)25(13-24-21)12-14-2-3-14;2*1-26-20(25)21(17-5-3-2-4-6-17)19(16-9-11-18(22)12-10-16)24(14-23-21)13-15-7-8-15/h4-11,13-14,19H,2-3,12H2,1H3;2*2-6,9-12,14-15,19H,7-8,13H2,1H3/t;19-,21+;19-,21-/m.00/s1. The summed E-state index contributed by atoms with van der Waals surface area (Å²) >= 11 is 24.3. The smallest absolute Gasteiger partial charge is 0.341 e. The zero-order valence-corrected chi connectivity index (χ0v) is 47.2. The molecule has 3 saturated carbocycles. The first-order valence-corrected chi connectivity index (χ1v) is 28.2. The van der Waals surface area contributed by atoms with E-state index in [4.69, 9.17) is 75.6 Å². The van der Waals surface area contributed by atoms with Crippen LogP contribution in [0.5, 0.6) is 0 Å². The second kappa shape index (κ2) is 23.9. The van der Waals surface area contributed by atoms with Crippen molar-refractivity contribution < 1.29 is 28.6 Å². The summed E-state index contributed by atoms with van der Waals surface area (Å²) in [6, 6.07) is 48.7. The number of carbonyl (C=O) groups excluding carboxylic acids is 3. The fourth-order valence-corrected chi connectivity index (χ4v) is 11.7. The number of nitrogens with zero attached hydrogens (tertiary/aromatic N) is 6. The molecule has 0 aromatic heterocycles. The number of aliphatic imine (C=N–C) groups is 3. The largest absolute Gasteiger partial charge is 0.467 e. The molecule has 3 aliphatic carbocycles. The van der Waals surface area contributed by atoms with E-state index in [-0.39, 0.29) is 36.0 Å². The van der Waals surface area contributed by atoms with Crippen molar-refractivity contribution in [3.8, 4) is 0 Å². The van der Waals surface area contributed by atoms with Gasteiger partial charge in [0.15, 0.2) is 0 Å². The van der Waals surface area contributed by atoms with Gasteiger partial charge in [0, 0.05) is 39.7 Å². The maximum absolute atomic E-state index is 13.1. The van der Waals surface area contributed by atoms with Crippen LogP contribution < -0.4 is 0 Å². The van der Waals surface area contributed by atoms with E-state index >= 15 is 0 Å². The van der Waals surface area contributed by atoms with E-state index < -0.39 is 16.6 Å². The summed E-state index contributed by atoms with van der Waals surface area (Å²) < 4.78 is 15.7. The van der Waals surface area contributed by atoms with Gasteiger partial charge in [0.25, 0.3) is 0 Å². The molecule has 12 nitrogen and oxygen atoms in total. The number of ether oxygens (including phenoxy) is 3. The van der Waals surface area contributed by atoms with E-state index in [0.29, 0.717) is 37.8 Å². The van der Waals surface area contributed by atoms with Crippen molar-refractivity contribution in [2.24, 2.45) is 32.7 Å². The van der Waals surface area contributed by atoms with E-state index in [1.807, 2.05) is 158 Å². The van der Waals surface area contributed by atoms with Crippen LogP contribution in [-0.4, -0.2) is 92.6 Å². The summed E-state index contributed by atoms with van der Waals surface area (Å²) in [5.74, 6) is 0.890. The molecule has 3 fully saturated rings. The summed E-state index contributed by atoms with van der Waals surface area (Å²) in [7, 11) is 4.24. The van der Waals surface area contributed by atoms with Gasteiger partial charge in [-0.15, -0.1) is 0 Å². The quantitative estimate of drug-likeness (QED) is 0.0730. The second-order valence-electron chi connectivity index (χ2n) is 21.0. The van der Waals surface area contributed by atoms with Gasteiger partial charge in [-0.3, -0.25) is 0 Å². The molecule has 16 heteroatoms. The normalized spacial score (nSPS) is 24.5. The van der Waals surface area contributed by atoms with Crippen LogP contribution in [0.25, 0.3) is 0 Å². The van der Waals surface area contributed by atoms with Crippen molar-refractivity contribution in [1.82, 2.24) is 14.7 Å². The molecule has 0 N–H and O–H groups in total. The first-order chi connectivity index (χ1) is 38.3. The number of rotatable bonds is 15. The number of halogens is 4. The lowest BCUT2D eigenvalue weighted by molar-refractivity contribution is -0.150. The first-order valence-electron chi connectivity index (χ1n) is 26.7. The van der Waals surface area contributed by atoms with E-state index in [9.17, 15) is 14.4 Å². The van der Waals surface area contributed by atoms with Crippen molar-refractivity contribution in [1.29, 1.82) is 0 Å². The number of hydrogen-bond donors (Lipinski definition) is 0. The Bertz CT molecular complexity index is 3040. The molecule has 0 amide bonds. The Morgan fingerprint density at radius 1 is 0.392 bits per heavy atom. The highest BCUT2D eigenvalue weighted by Gasteiger charge is 2.57. The minimum atomic E-state index is -1.18. The van der Waals surface area contributed by atoms with Gasteiger partial charge in [0.2, 0.25) is 16.6 Å². The van der Waals surface area contributed by atoms with Crippen molar-refractivity contribution in [3.05, 3.63) is 211 Å². The maximum Gasteiger partial charge on any atom is 0.341 e. The second-order valence-corrected chi connectivity index (χ2v) is 22.8. The Morgan fingerprint density at radius 2 is 0.633 bits per heavy atom. The average molecular weight is 1140 g/mol. The molecule has 6 aromatic rings. The third-order valence-electron chi connectivity index (χ3n) is 15.7. The number of esters is 3. The van der Waals surface area contributed by atoms with Crippen molar-refractivity contribution in [3.63, 3.8) is 0 Å². The Morgan fingerprint density at radius 3 is 0.873 bits per heavy atom. The van der Waals surface area contributed by atoms with Crippen molar-refractivity contribution in [2.75, 3.05) is 41.0 Å². The molecule has 12 rings (SSSR count). The molecule has 6 aliphatic rings. The van der Waals surface area contributed by atoms with Crippen molar-refractivity contribution >= 4 is 83.3 Å². The third-order valence-corrected chi connectivity index (χ3v) is 16.7. The molecule has 79 heavy (non-hydrogen) atoms. The highest BCUT2D eigenvalue weighted by Crippen LogP contribution is 2.52. The summed E-state index contributed by atoms with van der Waals surface area (Å²) in [5.41, 5.74) is 2.00. The summed E-state index contributed by atoms with van der Waals surface area (Å²) in [6.45, 7) is 2.65. The van der Waals surface area contributed by atoms with E-state index in [1.165, 1.54) is 59.9 Å². The van der Waals surface area contributed by atoms with Gasteiger partial charge in [-0.2, -0.15) is 0 Å². The van der Waals surface area contributed by atoms with E-state index in [1.54, 1.807) is 18.5 Å². The summed E-state index contributed by atoms with van der Waals surface area (Å²) in [5, 5.41) is 2.61. The van der Waals surface area contributed by atoms with Crippen LogP contribution in [-0.2, 0) is 45.2 Å². The van der Waals surface area contributed by atoms with E-state index in [2.05, 4.69) is 14.7 Å². The van der Waals surface area contributed by atoms with E-state index in [0.717, 1.165) is 53.0 Å². The van der Waals surface area contributed by atoms with Gasteiger partial charge < -0.3 is 28.9 Å². The fraction of sp³-hybridized carbons (Fsp3) is 0.333. The first kappa shape index (κ1) is 55.6. The predicted molar refractivity (Wildman–Crippen MR) is 312 cm³/mol. The molecular weight excluding hydrogens is 1080 g/mol. The van der Waals surface area contributed by atoms with Crippen molar-refractivity contribution in [2.45, 2.75) is 73.3 Å². The minimum absolute atomic E-state index is 0.254. The zero-order valence-electron chi connectivity index (χ0n) is 44.2. The van der Waals surface area contributed by atoms with Crippen LogP contribution in [0.15, 0.2) is 173 Å². The lowest BCUT2D eigenvalue weighted by Crippen LogP contribution is -2.44. The Labute approximate surface area is 482 Å². The SMILES string of the molecule is COC(=O)C1(c2ccc(Cl)cc2)N=CN(CC2CC2)C1c1ccc(Cl)cc1.COC(=O)[C@@]1(c2ccccc2)N=CN(CC2CC2)[C@H]1c1ccc(Cl)cc1.COC(=O)[C@]1(c2ccccc2)N=CN(CC2CC2)[C@H]1c1ccc(Cl)cc1. The summed E-state index contributed by atoms with van der Waals surface area (Å²) in [4.78, 5) is 59.9. The minimum Gasteiger partial charge on any atom is -0.467 e. The maximum atomic E-state index is 13.1. The van der Waals surface area contributed by atoms with Crippen LogP contribution in [0.3, 0.4) is 0 Å². The number of carbonyl (C=O) groups is 3. The Kier molecular flexibility index (Phi) is 16.9. The predicted octanol–water partition coefficient (Wildman–Crippen LogP) is 13.3. The third kappa shape index (κ3) is 11.5.